The zero-order valence-corrected chi connectivity index (χ0v) is 18.1. The molecule has 1 N–H and O–H groups in total. The van der Waals surface area contributed by atoms with Crippen molar-refractivity contribution in [3.8, 4) is 5.69 Å². The zero-order chi connectivity index (χ0) is 21.0. The van der Waals surface area contributed by atoms with Crippen molar-refractivity contribution in [1.82, 2.24) is 14.9 Å². The first-order valence-electron chi connectivity index (χ1n) is 9.65. The van der Waals surface area contributed by atoms with Gasteiger partial charge in [-0.05, 0) is 51.0 Å². The molecule has 0 atom stereocenters. The third kappa shape index (κ3) is 5.00. The van der Waals surface area contributed by atoms with Crippen LogP contribution in [0.5, 0.6) is 0 Å². The fourth-order valence-corrected chi connectivity index (χ4v) is 3.86. The Morgan fingerprint density at radius 1 is 1.03 bits per heavy atom. The van der Waals surface area contributed by atoms with Crippen LogP contribution in [0.2, 0.25) is 10.0 Å². The Kier molecular flexibility index (Phi) is 6.98. The van der Waals surface area contributed by atoms with Crippen LogP contribution < -0.4 is 5.43 Å². The molecule has 8 heteroatoms. The lowest BCUT2D eigenvalue weighted by Crippen LogP contribution is -2.41. The molecule has 154 valence electrons. The summed E-state index contributed by atoms with van der Waals surface area (Å²) >= 11 is 12.2. The van der Waals surface area contributed by atoms with Crippen molar-refractivity contribution < 1.29 is 9.59 Å². The molecule has 0 aliphatic carbocycles. The SMILES string of the molecule is Cc1cc(/C=N\NC(=O)C(=O)N2CCCCCC2)c(C)n1-c1ccc(Cl)c(Cl)c1. The number of aromatic nitrogens is 1. The maximum Gasteiger partial charge on any atom is 0.329 e. The van der Waals surface area contributed by atoms with E-state index in [1.165, 1.54) is 0 Å². The number of aryl methyl sites for hydroxylation is 1. The number of hydrazone groups is 1. The number of likely N-dealkylation sites (tertiary alicyclic amines) is 1. The molecule has 0 radical (unpaired) electrons. The molecular weight excluding hydrogens is 411 g/mol. The monoisotopic (exact) mass is 434 g/mol. The van der Waals surface area contributed by atoms with Gasteiger partial charge < -0.3 is 9.47 Å². The van der Waals surface area contributed by atoms with Gasteiger partial charge in [0.15, 0.2) is 0 Å². The summed E-state index contributed by atoms with van der Waals surface area (Å²) in [7, 11) is 0. The minimum atomic E-state index is -0.707. The summed E-state index contributed by atoms with van der Waals surface area (Å²) in [5.74, 6) is -1.23. The highest BCUT2D eigenvalue weighted by atomic mass is 35.5. The third-order valence-corrected chi connectivity index (χ3v) is 5.83. The average Bonchev–Trinajstić information content (AvgIpc) is 2.88. The van der Waals surface area contributed by atoms with Gasteiger partial charge in [0.25, 0.3) is 0 Å². The van der Waals surface area contributed by atoms with Crippen molar-refractivity contribution >= 4 is 41.2 Å². The zero-order valence-electron chi connectivity index (χ0n) is 16.5. The first kappa shape index (κ1) is 21.4. The molecule has 2 aromatic rings. The number of carbonyl (C=O) groups excluding carboxylic acids is 2. The molecule has 2 amide bonds. The molecule has 0 spiro atoms. The van der Waals surface area contributed by atoms with Gasteiger partial charge in [-0.15, -0.1) is 0 Å². The Morgan fingerprint density at radius 3 is 2.38 bits per heavy atom. The largest absolute Gasteiger partial charge is 0.334 e. The number of nitrogens with one attached hydrogen (secondary N) is 1. The number of nitrogens with zero attached hydrogens (tertiary/aromatic N) is 3. The lowest BCUT2D eigenvalue weighted by atomic mass is 10.2. The Balaban J connectivity index is 1.70. The molecule has 1 saturated heterocycles. The normalized spacial score (nSPS) is 14.8. The van der Waals surface area contributed by atoms with Crippen molar-refractivity contribution in [2.45, 2.75) is 39.5 Å². The summed E-state index contributed by atoms with van der Waals surface area (Å²) < 4.78 is 2.02. The predicted octanol–water partition coefficient (Wildman–Crippen LogP) is 4.25. The van der Waals surface area contributed by atoms with Crippen LogP contribution in [0.15, 0.2) is 29.4 Å². The first-order chi connectivity index (χ1) is 13.9. The molecule has 2 heterocycles. The molecule has 0 saturated carbocycles. The van der Waals surface area contributed by atoms with Gasteiger partial charge in [-0.25, -0.2) is 5.43 Å². The molecule has 0 bridgehead atoms. The van der Waals surface area contributed by atoms with Gasteiger partial charge in [-0.1, -0.05) is 36.0 Å². The first-order valence-corrected chi connectivity index (χ1v) is 10.4. The second kappa shape index (κ2) is 9.46. The molecule has 1 aliphatic heterocycles. The van der Waals surface area contributed by atoms with Gasteiger partial charge in [0, 0.05) is 35.7 Å². The van der Waals surface area contributed by atoms with Crippen LogP contribution in [0, 0.1) is 13.8 Å². The van der Waals surface area contributed by atoms with E-state index in [4.69, 9.17) is 23.2 Å². The molecule has 1 aliphatic rings. The summed E-state index contributed by atoms with van der Waals surface area (Å²) in [6.07, 6.45) is 5.60. The summed E-state index contributed by atoms with van der Waals surface area (Å²) in [6.45, 7) is 5.16. The van der Waals surface area contributed by atoms with E-state index in [0.717, 1.165) is 48.3 Å². The topological polar surface area (TPSA) is 66.7 Å². The van der Waals surface area contributed by atoms with E-state index < -0.39 is 11.8 Å². The number of hydrogen-bond donors (Lipinski definition) is 1. The maximum absolute atomic E-state index is 12.3. The van der Waals surface area contributed by atoms with E-state index in [9.17, 15) is 9.59 Å². The average molecular weight is 435 g/mol. The second-order valence-electron chi connectivity index (χ2n) is 7.17. The van der Waals surface area contributed by atoms with Gasteiger partial charge in [0.2, 0.25) is 0 Å². The molecule has 1 fully saturated rings. The van der Waals surface area contributed by atoms with Gasteiger partial charge in [0.1, 0.15) is 0 Å². The van der Waals surface area contributed by atoms with Crippen LogP contribution in [-0.2, 0) is 9.59 Å². The van der Waals surface area contributed by atoms with E-state index in [1.54, 1.807) is 23.2 Å². The third-order valence-electron chi connectivity index (χ3n) is 5.09. The van der Waals surface area contributed by atoms with E-state index in [-0.39, 0.29) is 0 Å². The fraction of sp³-hybridized carbons (Fsp3) is 0.381. The number of carbonyl (C=O) groups is 2. The molecule has 0 unspecified atom stereocenters. The van der Waals surface area contributed by atoms with Crippen molar-refractivity contribution in [3.05, 3.63) is 51.3 Å². The summed E-state index contributed by atoms with van der Waals surface area (Å²) in [6, 6.07) is 7.38. The Bertz CT molecular complexity index is 944. The number of halogens is 2. The summed E-state index contributed by atoms with van der Waals surface area (Å²) in [4.78, 5) is 26.0. The standard InChI is InChI=1S/C21H24Cl2N4O2/c1-14-11-16(15(2)27(14)17-7-8-18(22)19(23)12-17)13-24-25-20(28)21(29)26-9-5-3-4-6-10-26/h7-8,11-13H,3-6,9-10H2,1-2H3,(H,25,28)/b24-13-. The molecular formula is C21H24Cl2N4O2. The van der Waals surface area contributed by atoms with Crippen LogP contribution in [-0.4, -0.2) is 40.6 Å². The van der Waals surface area contributed by atoms with Crippen molar-refractivity contribution in [2.24, 2.45) is 5.10 Å². The smallest absolute Gasteiger partial charge is 0.329 e. The van der Waals surface area contributed by atoms with Crippen LogP contribution in [0.25, 0.3) is 5.69 Å². The van der Waals surface area contributed by atoms with Crippen molar-refractivity contribution in [2.75, 3.05) is 13.1 Å². The quantitative estimate of drug-likeness (QED) is 0.445. The molecule has 6 nitrogen and oxygen atoms in total. The van der Waals surface area contributed by atoms with E-state index in [0.29, 0.717) is 23.1 Å². The van der Waals surface area contributed by atoms with Crippen LogP contribution in [0.4, 0.5) is 0 Å². The van der Waals surface area contributed by atoms with Crippen molar-refractivity contribution in [1.29, 1.82) is 0 Å². The predicted molar refractivity (Wildman–Crippen MR) is 116 cm³/mol. The highest BCUT2D eigenvalue weighted by Gasteiger charge is 2.22. The van der Waals surface area contributed by atoms with Crippen LogP contribution in [0.1, 0.15) is 42.6 Å². The van der Waals surface area contributed by atoms with Gasteiger partial charge >= 0.3 is 11.8 Å². The Morgan fingerprint density at radius 2 is 1.72 bits per heavy atom. The summed E-state index contributed by atoms with van der Waals surface area (Å²) in [5, 5.41) is 4.96. The lowest BCUT2D eigenvalue weighted by Gasteiger charge is -2.18. The molecule has 1 aromatic carbocycles. The number of rotatable bonds is 3. The van der Waals surface area contributed by atoms with E-state index in [2.05, 4.69) is 10.5 Å². The number of benzene rings is 1. The number of amides is 2. The second-order valence-corrected chi connectivity index (χ2v) is 7.98. The van der Waals surface area contributed by atoms with E-state index in [1.807, 2.05) is 30.5 Å². The van der Waals surface area contributed by atoms with Crippen LogP contribution in [0.3, 0.4) is 0 Å². The van der Waals surface area contributed by atoms with Crippen LogP contribution >= 0.6 is 23.2 Å². The fourth-order valence-electron chi connectivity index (χ4n) is 3.57. The molecule has 3 rings (SSSR count). The highest BCUT2D eigenvalue weighted by molar-refractivity contribution is 6.42. The van der Waals surface area contributed by atoms with Gasteiger partial charge in [0.05, 0.1) is 16.3 Å². The minimum Gasteiger partial charge on any atom is -0.334 e. The molecule has 1 aromatic heterocycles. The van der Waals surface area contributed by atoms with Gasteiger partial charge in [-0.3, -0.25) is 9.59 Å². The lowest BCUT2D eigenvalue weighted by molar-refractivity contribution is -0.145. The maximum atomic E-state index is 12.3. The Labute approximate surface area is 180 Å². The Hall–Kier alpha value is -2.31. The highest BCUT2D eigenvalue weighted by Crippen LogP contribution is 2.27. The van der Waals surface area contributed by atoms with Crippen molar-refractivity contribution in [3.63, 3.8) is 0 Å². The van der Waals surface area contributed by atoms with Gasteiger partial charge in [-0.2, -0.15) is 5.10 Å². The molecule has 29 heavy (non-hydrogen) atoms. The minimum absolute atomic E-state index is 0.478. The van der Waals surface area contributed by atoms with E-state index >= 15 is 0 Å². The number of hydrogen-bond acceptors (Lipinski definition) is 3. The summed E-state index contributed by atoms with van der Waals surface area (Å²) in [5.41, 5.74) is 5.98.